The normalized spacial score (nSPS) is 11.0. The lowest BCUT2D eigenvalue weighted by Crippen LogP contribution is -2.02. The summed E-state index contributed by atoms with van der Waals surface area (Å²) in [5.74, 6) is -0.501. The highest BCUT2D eigenvalue weighted by molar-refractivity contribution is 6.36. The second-order valence-electron chi connectivity index (χ2n) is 4.26. The van der Waals surface area contributed by atoms with Gasteiger partial charge >= 0.3 is 5.97 Å². The summed E-state index contributed by atoms with van der Waals surface area (Å²) in [6, 6.07) is 6.82. The lowest BCUT2D eigenvalue weighted by atomic mass is 10.1. The van der Waals surface area contributed by atoms with Gasteiger partial charge in [-0.15, -0.1) is 5.10 Å². The Morgan fingerprint density at radius 3 is 2.81 bits per heavy atom. The van der Waals surface area contributed by atoms with E-state index in [2.05, 4.69) is 15.1 Å². The van der Waals surface area contributed by atoms with Gasteiger partial charge in [0.2, 0.25) is 0 Å². The number of rotatable bonds is 3. The summed E-state index contributed by atoms with van der Waals surface area (Å²) in [5, 5.41) is 14.0. The highest BCUT2D eigenvalue weighted by Crippen LogP contribution is 2.29. The van der Waals surface area contributed by atoms with Crippen LogP contribution in [-0.4, -0.2) is 30.7 Å². The maximum absolute atomic E-state index is 10.7. The number of carboxylic acid groups (broad SMARTS) is 1. The van der Waals surface area contributed by atoms with Crippen LogP contribution >= 0.6 is 23.2 Å². The highest BCUT2D eigenvalue weighted by Gasteiger charge is 2.14. The van der Waals surface area contributed by atoms with Crippen molar-refractivity contribution >= 4 is 34.9 Å². The molecule has 3 aromatic rings. The number of carboxylic acids is 1. The minimum Gasteiger partial charge on any atom is -0.481 e. The Hall–Kier alpha value is -2.18. The van der Waals surface area contributed by atoms with E-state index in [0.29, 0.717) is 27.1 Å². The molecule has 0 bridgehead atoms. The van der Waals surface area contributed by atoms with Crippen LogP contribution in [0, 0.1) is 0 Å². The largest absolute Gasteiger partial charge is 0.481 e. The van der Waals surface area contributed by atoms with Crippen molar-refractivity contribution in [1.29, 1.82) is 0 Å². The standard InChI is InChI=1S/C13H8Cl2N4O2/c14-7-1-2-8(9(15)5-7)10-3-4-16-13-17-11(6-12(20)21)18-19(10)13/h1-5H,6H2,(H,20,21). The van der Waals surface area contributed by atoms with Gasteiger partial charge in [0.1, 0.15) is 6.42 Å². The van der Waals surface area contributed by atoms with Gasteiger partial charge in [-0.2, -0.15) is 9.50 Å². The summed E-state index contributed by atoms with van der Waals surface area (Å²) in [5.41, 5.74) is 1.37. The van der Waals surface area contributed by atoms with E-state index in [1.54, 1.807) is 30.5 Å². The van der Waals surface area contributed by atoms with Crippen molar-refractivity contribution in [3.05, 3.63) is 46.3 Å². The van der Waals surface area contributed by atoms with E-state index < -0.39 is 5.97 Å². The fourth-order valence-electron chi connectivity index (χ4n) is 1.95. The minimum atomic E-state index is -1.00. The van der Waals surface area contributed by atoms with Gasteiger partial charge in [0.05, 0.1) is 10.7 Å². The molecule has 106 valence electrons. The fraction of sp³-hybridized carbons (Fsp3) is 0.0769. The number of aromatic nitrogens is 4. The van der Waals surface area contributed by atoms with E-state index >= 15 is 0 Å². The molecule has 0 saturated carbocycles. The van der Waals surface area contributed by atoms with Crippen LogP contribution in [0.3, 0.4) is 0 Å². The van der Waals surface area contributed by atoms with E-state index in [9.17, 15) is 4.79 Å². The number of nitrogens with zero attached hydrogens (tertiary/aromatic N) is 4. The van der Waals surface area contributed by atoms with Crippen LogP contribution in [0.25, 0.3) is 17.0 Å². The lowest BCUT2D eigenvalue weighted by Gasteiger charge is -2.06. The molecule has 0 saturated heterocycles. The Morgan fingerprint density at radius 2 is 2.10 bits per heavy atom. The van der Waals surface area contributed by atoms with Gasteiger partial charge in [0.15, 0.2) is 5.82 Å². The summed E-state index contributed by atoms with van der Waals surface area (Å²) in [4.78, 5) is 18.9. The Bertz CT molecular complexity index is 847. The Morgan fingerprint density at radius 1 is 1.29 bits per heavy atom. The predicted octanol–water partition coefficient (Wildman–Crippen LogP) is 2.73. The molecule has 0 fully saturated rings. The van der Waals surface area contributed by atoms with E-state index in [1.807, 2.05) is 0 Å². The van der Waals surface area contributed by atoms with E-state index in [0.717, 1.165) is 0 Å². The molecular formula is C13H8Cl2N4O2. The SMILES string of the molecule is O=C(O)Cc1nc2nccc(-c3ccc(Cl)cc3Cl)n2n1. The van der Waals surface area contributed by atoms with Gasteiger partial charge in [0, 0.05) is 16.8 Å². The molecule has 1 N–H and O–H groups in total. The van der Waals surface area contributed by atoms with E-state index in [-0.39, 0.29) is 12.2 Å². The Balaban J connectivity index is 2.18. The topological polar surface area (TPSA) is 80.4 Å². The summed E-state index contributed by atoms with van der Waals surface area (Å²) in [6.45, 7) is 0. The third kappa shape index (κ3) is 2.68. The molecular weight excluding hydrogens is 315 g/mol. The monoisotopic (exact) mass is 322 g/mol. The zero-order chi connectivity index (χ0) is 15.0. The summed E-state index contributed by atoms with van der Waals surface area (Å²) < 4.78 is 1.47. The van der Waals surface area contributed by atoms with Crippen LogP contribution in [0.5, 0.6) is 0 Å². The van der Waals surface area contributed by atoms with Crippen LogP contribution in [-0.2, 0) is 11.2 Å². The van der Waals surface area contributed by atoms with Crippen molar-refractivity contribution in [2.75, 3.05) is 0 Å². The molecule has 1 aromatic carbocycles. The van der Waals surface area contributed by atoms with Crippen LogP contribution in [0.2, 0.25) is 10.0 Å². The van der Waals surface area contributed by atoms with Gasteiger partial charge in [0.25, 0.3) is 5.78 Å². The molecule has 2 heterocycles. The van der Waals surface area contributed by atoms with Gasteiger partial charge in [-0.3, -0.25) is 4.79 Å². The zero-order valence-corrected chi connectivity index (χ0v) is 12.0. The molecule has 0 aliphatic rings. The average Bonchev–Trinajstić information content (AvgIpc) is 2.80. The number of hydrogen-bond donors (Lipinski definition) is 1. The second-order valence-corrected chi connectivity index (χ2v) is 5.11. The van der Waals surface area contributed by atoms with Crippen molar-refractivity contribution in [3.63, 3.8) is 0 Å². The first-order chi connectivity index (χ1) is 10.0. The molecule has 0 aliphatic heterocycles. The van der Waals surface area contributed by atoms with Gasteiger partial charge in [-0.05, 0) is 24.3 Å². The van der Waals surface area contributed by atoms with E-state index in [1.165, 1.54) is 4.52 Å². The maximum atomic E-state index is 10.7. The lowest BCUT2D eigenvalue weighted by molar-refractivity contribution is -0.136. The number of fused-ring (bicyclic) bond motifs is 1. The predicted molar refractivity (Wildman–Crippen MR) is 77.6 cm³/mol. The molecule has 0 spiro atoms. The molecule has 0 unspecified atom stereocenters. The molecule has 21 heavy (non-hydrogen) atoms. The first kappa shape index (κ1) is 13.8. The summed E-state index contributed by atoms with van der Waals surface area (Å²) in [7, 11) is 0. The molecule has 6 nitrogen and oxygen atoms in total. The van der Waals surface area contributed by atoms with Crippen LogP contribution < -0.4 is 0 Å². The molecule has 0 atom stereocenters. The summed E-state index contributed by atoms with van der Waals surface area (Å²) in [6.07, 6.45) is 1.30. The number of carbonyl (C=O) groups is 1. The Kier molecular flexibility index (Phi) is 3.48. The van der Waals surface area contributed by atoms with Crippen LogP contribution in [0.4, 0.5) is 0 Å². The smallest absolute Gasteiger partial charge is 0.311 e. The third-order valence-electron chi connectivity index (χ3n) is 2.80. The first-order valence-corrected chi connectivity index (χ1v) is 6.68. The van der Waals surface area contributed by atoms with Gasteiger partial charge < -0.3 is 5.11 Å². The fourth-order valence-corrected chi connectivity index (χ4v) is 2.45. The number of benzene rings is 1. The number of halogens is 2. The molecule has 8 heteroatoms. The van der Waals surface area contributed by atoms with Crippen LogP contribution in [0.15, 0.2) is 30.5 Å². The quantitative estimate of drug-likeness (QED) is 0.801. The minimum absolute atomic E-state index is 0.188. The molecule has 0 amide bonds. The van der Waals surface area contributed by atoms with Crippen LogP contribution in [0.1, 0.15) is 5.82 Å². The average molecular weight is 323 g/mol. The van der Waals surface area contributed by atoms with E-state index in [4.69, 9.17) is 28.3 Å². The molecule has 3 rings (SSSR count). The number of hydrogen-bond acceptors (Lipinski definition) is 4. The van der Waals surface area contributed by atoms with Crippen molar-refractivity contribution in [2.45, 2.75) is 6.42 Å². The molecule has 2 aromatic heterocycles. The highest BCUT2D eigenvalue weighted by atomic mass is 35.5. The number of aliphatic carboxylic acids is 1. The second kappa shape index (κ2) is 5.31. The summed E-state index contributed by atoms with van der Waals surface area (Å²) >= 11 is 12.1. The Labute approximate surface area is 129 Å². The van der Waals surface area contributed by atoms with Crippen molar-refractivity contribution in [2.24, 2.45) is 0 Å². The third-order valence-corrected chi connectivity index (χ3v) is 3.35. The van der Waals surface area contributed by atoms with Gasteiger partial charge in [-0.25, -0.2) is 4.98 Å². The first-order valence-electron chi connectivity index (χ1n) is 5.92. The van der Waals surface area contributed by atoms with Crippen molar-refractivity contribution in [3.8, 4) is 11.3 Å². The molecule has 0 radical (unpaired) electrons. The van der Waals surface area contributed by atoms with Gasteiger partial charge in [-0.1, -0.05) is 23.2 Å². The molecule has 0 aliphatic carbocycles. The maximum Gasteiger partial charge on any atom is 0.311 e. The zero-order valence-electron chi connectivity index (χ0n) is 10.5. The van der Waals surface area contributed by atoms with Crippen molar-refractivity contribution < 1.29 is 9.90 Å². The van der Waals surface area contributed by atoms with Crippen molar-refractivity contribution in [1.82, 2.24) is 19.6 Å².